The first-order valence-corrected chi connectivity index (χ1v) is 5.11. The number of esters is 1. The van der Waals surface area contributed by atoms with Crippen LogP contribution < -0.4 is 10.5 Å². The lowest BCUT2D eigenvalue weighted by atomic mass is 10.2. The predicted octanol–water partition coefficient (Wildman–Crippen LogP) is 0.976. The Hall–Kier alpha value is -2.57. The molecule has 18 heavy (non-hydrogen) atoms. The first kappa shape index (κ1) is 11.9. The van der Waals surface area contributed by atoms with Gasteiger partial charge in [0.15, 0.2) is 0 Å². The van der Waals surface area contributed by atoms with Crippen molar-refractivity contribution >= 4 is 11.7 Å². The number of nitrogens with two attached hydrogens (primary N) is 1. The molecule has 2 N–H and O–H groups in total. The first-order chi connectivity index (χ1) is 8.60. The summed E-state index contributed by atoms with van der Waals surface area (Å²) in [6, 6.07) is 4.81. The van der Waals surface area contributed by atoms with Crippen LogP contribution in [0.3, 0.4) is 0 Å². The Labute approximate surface area is 103 Å². The van der Waals surface area contributed by atoms with E-state index in [1.165, 1.54) is 24.2 Å². The van der Waals surface area contributed by atoms with Crippen molar-refractivity contribution in [2.75, 3.05) is 12.8 Å². The molecule has 0 unspecified atom stereocenters. The van der Waals surface area contributed by atoms with Crippen molar-refractivity contribution in [1.82, 2.24) is 14.8 Å². The Bertz CT molecular complexity index is 579. The minimum Gasteiger partial charge on any atom is -0.465 e. The molecule has 0 saturated heterocycles. The van der Waals surface area contributed by atoms with E-state index in [2.05, 4.69) is 14.8 Å². The second kappa shape index (κ2) is 4.74. The summed E-state index contributed by atoms with van der Waals surface area (Å²) in [7, 11) is 3.00. The SMILES string of the molecule is COC(=O)c1cc(N)ccc1Oc1ncn(C)n1. The van der Waals surface area contributed by atoms with Crippen LogP contribution in [-0.4, -0.2) is 27.8 Å². The lowest BCUT2D eigenvalue weighted by Gasteiger charge is -2.07. The van der Waals surface area contributed by atoms with Crippen LogP contribution in [0, 0.1) is 0 Å². The summed E-state index contributed by atoms with van der Waals surface area (Å²) in [6.45, 7) is 0. The third-order valence-corrected chi connectivity index (χ3v) is 2.19. The molecule has 2 aromatic rings. The van der Waals surface area contributed by atoms with Gasteiger partial charge < -0.3 is 15.2 Å². The highest BCUT2D eigenvalue weighted by molar-refractivity contribution is 5.93. The van der Waals surface area contributed by atoms with Gasteiger partial charge in [0.05, 0.1) is 7.11 Å². The van der Waals surface area contributed by atoms with Crippen molar-refractivity contribution in [3.8, 4) is 11.8 Å². The minimum absolute atomic E-state index is 0.146. The zero-order chi connectivity index (χ0) is 13.1. The fourth-order valence-electron chi connectivity index (χ4n) is 1.37. The van der Waals surface area contributed by atoms with E-state index in [-0.39, 0.29) is 11.6 Å². The molecule has 0 radical (unpaired) electrons. The molecular formula is C11H12N4O3. The smallest absolute Gasteiger partial charge is 0.341 e. The van der Waals surface area contributed by atoms with Crippen LogP contribution in [0.5, 0.6) is 11.8 Å². The van der Waals surface area contributed by atoms with Gasteiger partial charge in [0, 0.05) is 12.7 Å². The monoisotopic (exact) mass is 248 g/mol. The van der Waals surface area contributed by atoms with E-state index >= 15 is 0 Å². The molecule has 0 bridgehead atoms. The maximum Gasteiger partial charge on any atom is 0.341 e. The van der Waals surface area contributed by atoms with Gasteiger partial charge in [0.25, 0.3) is 0 Å². The molecule has 0 amide bonds. The average molecular weight is 248 g/mol. The fraction of sp³-hybridized carbons (Fsp3) is 0.182. The van der Waals surface area contributed by atoms with Gasteiger partial charge >= 0.3 is 12.0 Å². The molecule has 0 spiro atoms. The summed E-state index contributed by atoms with van der Waals surface area (Å²) in [6.07, 6.45) is 1.49. The molecule has 94 valence electrons. The minimum atomic E-state index is -0.534. The molecule has 7 nitrogen and oxygen atoms in total. The van der Waals surface area contributed by atoms with Crippen molar-refractivity contribution in [3.63, 3.8) is 0 Å². The Morgan fingerprint density at radius 1 is 1.44 bits per heavy atom. The summed E-state index contributed by atoms with van der Waals surface area (Å²) in [5, 5.41) is 3.95. The van der Waals surface area contributed by atoms with E-state index < -0.39 is 5.97 Å². The number of hydrogen-bond acceptors (Lipinski definition) is 6. The van der Waals surface area contributed by atoms with E-state index in [1.807, 2.05) is 0 Å². The quantitative estimate of drug-likeness (QED) is 0.642. The van der Waals surface area contributed by atoms with Gasteiger partial charge in [-0.1, -0.05) is 0 Å². The fourth-order valence-corrected chi connectivity index (χ4v) is 1.37. The lowest BCUT2D eigenvalue weighted by molar-refractivity contribution is 0.0598. The molecule has 0 saturated carbocycles. The number of aromatic nitrogens is 3. The second-order valence-corrected chi connectivity index (χ2v) is 3.55. The molecule has 1 heterocycles. The van der Waals surface area contributed by atoms with Crippen molar-refractivity contribution in [1.29, 1.82) is 0 Å². The first-order valence-electron chi connectivity index (χ1n) is 5.11. The van der Waals surface area contributed by atoms with E-state index in [9.17, 15) is 4.79 Å². The number of nitrogens with zero attached hydrogens (tertiary/aromatic N) is 3. The predicted molar refractivity (Wildman–Crippen MR) is 63.3 cm³/mol. The van der Waals surface area contributed by atoms with Crippen LogP contribution in [0.2, 0.25) is 0 Å². The number of nitrogen functional groups attached to an aromatic ring is 1. The average Bonchev–Trinajstić information content (AvgIpc) is 2.76. The van der Waals surface area contributed by atoms with Gasteiger partial charge in [-0.15, -0.1) is 5.10 Å². The molecule has 2 rings (SSSR count). The van der Waals surface area contributed by atoms with E-state index in [0.717, 1.165) is 0 Å². The third-order valence-electron chi connectivity index (χ3n) is 2.19. The molecule has 1 aromatic heterocycles. The topological polar surface area (TPSA) is 92.3 Å². The number of aryl methyl sites for hydroxylation is 1. The Morgan fingerprint density at radius 3 is 2.83 bits per heavy atom. The third kappa shape index (κ3) is 2.40. The molecule has 0 fully saturated rings. The van der Waals surface area contributed by atoms with Gasteiger partial charge in [-0.25, -0.2) is 4.79 Å². The zero-order valence-electron chi connectivity index (χ0n) is 9.95. The summed E-state index contributed by atoms with van der Waals surface area (Å²) < 4.78 is 11.6. The highest BCUT2D eigenvalue weighted by Gasteiger charge is 2.15. The van der Waals surface area contributed by atoms with Crippen molar-refractivity contribution in [3.05, 3.63) is 30.1 Å². The number of methoxy groups -OCH3 is 1. The lowest BCUT2D eigenvalue weighted by Crippen LogP contribution is -2.05. The number of rotatable bonds is 3. The molecule has 0 aliphatic rings. The highest BCUT2D eigenvalue weighted by atomic mass is 16.5. The largest absolute Gasteiger partial charge is 0.465 e. The maximum atomic E-state index is 11.6. The molecule has 0 aliphatic carbocycles. The van der Waals surface area contributed by atoms with Gasteiger partial charge in [0.1, 0.15) is 17.6 Å². The molecule has 0 atom stereocenters. The van der Waals surface area contributed by atoms with Gasteiger partial charge in [-0.2, -0.15) is 4.98 Å². The van der Waals surface area contributed by atoms with E-state index in [1.54, 1.807) is 19.2 Å². The van der Waals surface area contributed by atoms with Crippen LogP contribution in [0.15, 0.2) is 24.5 Å². The van der Waals surface area contributed by atoms with E-state index in [0.29, 0.717) is 11.4 Å². The Kier molecular flexibility index (Phi) is 3.13. The highest BCUT2D eigenvalue weighted by Crippen LogP contribution is 2.25. The van der Waals surface area contributed by atoms with Crippen molar-refractivity contribution in [2.24, 2.45) is 7.05 Å². The maximum absolute atomic E-state index is 11.6. The summed E-state index contributed by atoms with van der Waals surface area (Å²) in [4.78, 5) is 15.5. The Morgan fingerprint density at radius 2 is 2.22 bits per heavy atom. The van der Waals surface area contributed by atoms with Gasteiger partial charge in [0.2, 0.25) is 0 Å². The molecule has 0 aliphatic heterocycles. The zero-order valence-corrected chi connectivity index (χ0v) is 9.95. The van der Waals surface area contributed by atoms with Crippen LogP contribution in [-0.2, 0) is 11.8 Å². The summed E-state index contributed by atoms with van der Waals surface area (Å²) >= 11 is 0. The number of ether oxygens (including phenoxy) is 2. The number of carbonyl (C=O) groups excluding carboxylic acids is 1. The standard InChI is InChI=1S/C11H12N4O3/c1-15-6-13-11(14-15)18-9-4-3-7(12)5-8(9)10(16)17-2/h3-6H,12H2,1-2H3. The molecular weight excluding hydrogens is 236 g/mol. The second-order valence-electron chi connectivity index (χ2n) is 3.55. The number of benzene rings is 1. The van der Waals surface area contributed by atoms with Crippen molar-refractivity contribution in [2.45, 2.75) is 0 Å². The molecule has 7 heteroatoms. The number of anilines is 1. The molecule has 1 aromatic carbocycles. The van der Waals surface area contributed by atoms with Gasteiger partial charge in [-0.3, -0.25) is 4.68 Å². The van der Waals surface area contributed by atoms with Crippen LogP contribution in [0.1, 0.15) is 10.4 Å². The summed E-state index contributed by atoms with van der Waals surface area (Å²) in [5.74, 6) is -0.240. The van der Waals surface area contributed by atoms with E-state index in [4.69, 9.17) is 10.5 Å². The number of hydrogen-bond donors (Lipinski definition) is 1. The van der Waals surface area contributed by atoms with Crippen molar-refractivity contribution < 1.29 is 14.3 Å². The normalized spacial score (nSPS) is 10.1. The van der Waals surface area contributed by atoms with Crippen LogP contribution >= 0.6 is 0 Å². The van der Waals surface area contributed by atoms with Gasteiger partial charge in [-0.05, 0) is 18.2 Å². The van der Waals surface area contributed by atoms with Crippen LogP contribution in [0.25, 0.3) is 0 Å². The van der Waals surface area contributed by atoms with Crippen LogP contribution in [0.4, 0.5) is 5.69 Å². The Balaban J connectivity index is 2.35. The summed E-state index contributed by atoms with van der Waals surface area (Å²) in [5.41, 5.74) is 6.29. The number of carbonyl (C=O) groups is 1.